The minimum atomic E-state index is -0.656. The molecule has 0 radical (unpaired) electrons. The van der Waals surface area contributed by atoms with Gasteiger partial charge in [-0.3, -0.25) is 14.6 Å². The number of rotatable bonds is 7. The second kappa shape index (κ2) is 7.85. The number of methoxy groups -OCH3 is 1. The van der Waals surface area contributed by atoms with Gasteiger partial charge in [0.15, 0.2) is 5.82 Å². The summed E-state index contributed by atoms with van der Waals surface area (Å²) in [5.74, 6) is 0.723. The van der Waals surface area contributed by atoms with E-state index in [1.54, 1.807) is 7.11 Å². The second-order valence-corrected chi connectivity index (χ2v) is 8.40. The highest BCUT2D eigenvalue weighted by atomic mass is 16.5. The van der Waals surface area contributed by atoms with E-state index in [0.29, 0.717) is 50.4 Å². The highest BCUT2D eigenvalue weighted by molar-refractivity contribution is 5.77. The van der Waals surface area contributed by atoms with Gasteiger partial charge in [-0.25, -0.2) is 0 Å². The molecule has 1 N–H and O–H groups in total. The lowest BCUT2D eigenvalue weighted by Gasteiger charge is -2.33. The Morgan fingerprint density at radius 2 is 2.11 bits per heavy atom. The maximum atomic E-state index is 12.2. The number of aliphatic carboxylic acids is 1. The number of carboxylic acids is 1. The van der Waals surface area contributed by atoms with Crippen molar-refractivity contribution < 1.29 is 19.2 Å². The van der Waals surface area contributed by atoms with E-state index in [-0.39, 0.29) is 5.92 Å². The van der Waals surface area contributed by atoms with E-state index in [1.165, 1.54) is 32.1 Å². The molecule has 3 aliphatic rings. The van der Waals surface area contributed by atoms with E-state index in [0.717, 1.165) is 13.1 Å². The van der Waals surface area contributed by atoms with Crippen LogP contribution in [0.25, 0.3) is 0 Å². The molecule has 0 aromatic carbocycles. The van der Waals surface area contributed by atoms with Gasteiger partial charge in [-0.1, -0.05) is 24.4 Å². The number of likely N-dealkylation sites (tertiary alicyclic amines) is 2. The molecular weight excluding hydrogens is 348 g/mol. The fourth-order valence-electron chi connectivity index (χ4n) is 5.20. The van der Waals surface area contributed by atoms with Gasteiger partial charge in [-0.2, -0.15) is 4.98 Å². The van der Waals surface area contributed by atoms with Crippen molar-refractivity contribution in [2.75, 3.05) is 39.9 Å². The summed E-state index contributed by atoms with van der Waals surface area (Å²) in [6, 6.07) is 0.577. The number of hydrogen-bond donors (Lipinski definition) is 1. The number of aromatic nitrogens is 2. The summed E-state index contributed by atoms with van der Waals surface area (Å²) in [5.41, 5.74) is -0.656. The van der Waals surface area contributed by atoms with Crippen LogP contribution in [-0.4, -0.2) is 77.0 Å². The minimum Gasteiger partial charge on any atom is -0.481 e. The van der Waals surface area contributed by atoms with Gasteiger partial charge in [0, 0.05) is 51.7 Å². The number of hydrogen-bond acceptors (Lipinski definition) is 7. The Balaban J connectivity index is 1.39. The summed E-state index contributed by atoms with van der Waals surface area (Å²) in [6.45, 7) is 4.00. The molecule has 1 saturated carbocycles. The zero-order valence-corrected chi connectivity index (χ0v) is 16.1. The molecule has 2 atom stereocenters. The Hall–Kier alpha value is -1.51. The predicted octanol–water partition coefficient (Wildman–Crippen LogP) is 1.41. The van der Waals surface area contributed by atoms with E-state index in [4.69, 9.17) is 9.26 Å². The van der Waals surface area contributed by atoms with Crippen LogP contribution < -0.4 is 0 Å². The van der Waals surface area contributed by atoms with Crippen LogP contribution in [0.1, 0.15) is 43.8 Å². The van der Waals surface area contributed by atoms with E-state index < -0.39 is 11.4 Å². The molecule has 27 heavy (non-hydrogen) atoms. The third kappa shape index (κ3) is 3.75. The number of carbonyl (C=O) groups is 1. The maximum absolute atomic E-state index is 12.2. The Morgan fingerprint density at radius 3 is 2.81 bits per heavy atom. The van der Waals surface area contributed by atoms with Crippen molar-refractivity contribution in [3.63, 3.8) is 0 Å². The molecule has 1 aliphatic carbocycles. The van der Waals surface area contributed by atoms with E-state index in [2.05, 4.69) is 19.9 Å². The Labute approximate surface area is 159 Å². The highest BCUT2D eigenvalue weighted by Crippen LogP contribution is 2.45. The average Bonchev–Trinajstić information content (AvgIpc) is 3.34. The van der Waals surface area contributed by atoms with Crippen LogP contribution in [0.3, 0.4) is 0 Å². The lowest BCUT2D eigenvalue weighted by atomic mass is 9.81. The first-order valence-electron chi connectivity index (χ1n) is 10.1. The van der Waals surface area contributed by atoms with Crippen LogP contribution in [-0.2, 0) is 22.5 Å². The van der Waals surface area contributed by atoms with Gasteiger partial charge in [0.05, 0.1) is 18.6 Å². The molecule has 4 rings (SSSR count). The Kier molecular flexibility index (Phi) is 5.48. The molecule has 0 unspecified atom stereocenters. The van der Waals surface area contributed by atoms with Crippen molar-refractivity contribution in [3.05, 3.63) is 11.7 Å². The SMILES string of the molecule is COCCc1noc(CN2C[C@H]3CN(C4CCCCC4)C[C@@]3(C(=O)O)C2)n1. The van der Waals surface area contributed by atoms with E-state index >= 15 is 0 Å². The molecule has 0 bridgehead atoms. The third-order valence-corrected chi connectivity index (χ3v) is 6.62. The van der Waals surface area contributed by atoms with Crippen LogP contribution in [0.15, 0.2) is 4.52 Å². The molecule has 0 amide bonds. The molecule has 150 valence electrons. The van der Waals surface area contributed by atoms with Crippen molar-refractivity contribution in [2.45, 2.75) is 51.1 Å². The van der Waals surface area contributed by atoms with Gasteiger partial charge < -0.3 is 14.4 Å². The van der Waals surface area contributed by atoms with E-state index in [1.807, 2.05) is 0 Å². The minimum absolute atomic E-state index is 0.174. The van der Waals surface area contributed by atoms with Gasteiger partial charge in [-0.15, -0.1) is 0 Å². The monoisotopic (exact) mass is 378 g/mol. The lowest BCUT2D eigenvalue weighted by molar-refractivity contribution is -0.149. The summed E-state index contributed by atoms with van der Waals surface area (Å²) >= 11 is 0. The summed E-state index contributed by atoms with van der Waals surface area (Å²) in [7, 11) is 1.64. The van der Waals surface area contributed by atoms with Crippen LogP contribution in [0.5, 0.6) is 0 Å². The first-order valence-corrected chi connectivity index (χ1v) is 10.1. The fourth-order valence-corrected chi connectivity index (χ4v) is 5.20. The largest absolute Gasteiger partial charge is 0.481 e. The van der Waals surface area contributed by atoms with Crippen LogP contribution >= 0.6 is 0 Å². The van der Waals surface area contributed by atoms with Gasteiger partial charge >= 0.3 is 5.97 Å². The van der Waals surface area contributed by atoms with Gasteiger partial charge in [0.25, 0.3) is 0 Å². The molecule has 2 saturated heterocycles. The summed E-state index contributed by atoms with van der Waals surface area (Å²) < 4.78 is 10.4. The van der Waals surface area contributed by atoms with Crippen LogP contribution in [0.4, 0.5) is 0 Å². The molecule has 1 aromatic rings. The Morgan fingerprint density at radius 1 is 1.30 bits per heavy atom. The Bertz CT molecular complexity index is 660. The zero-order chi connectivity index (χ0) is 18.9. The quantitative estimate of drug-likeness (QED) is 0.761. The fraction of sp³-hybridized carbons (Fsp3) is 0.842. The molecule has 1 aromatic heterocycles. The molecular formula is C19H30N4O4. The maximum Gasteiger partial charge on any atom is 0.312 e. The first-order chi connectivity index (χ1) is 13.1. The van der Waals surface area contributed by atoms with Crippen LogP contribution in [0, 0.1) is 11.3 Å². The summed E-state index contributed by atoms with van der Waals surface area (Å²) in [6.07, 6.45) is 6.94. The predicted molar refractivity (Wildman–Crippen MR) is 97.2 cm³/mol. The third-order valence-electron chi connectivity index (χ3n) is 6.62. The summed E-state index contributed by atoms with van der Waals surface area (Å²) in [5, 5.41) is 14.0. The average molecular weight is 378 g/mol. The highest BCUT2D eigenvalue weighted by Gasteiger charge is 2.58. The van der Waals surface area contributed by atoms with Crippen LogP contribution in [0.2, 0.25) is 0 Å². The molecule has 2 aliphatic heterocycles. The van der Waals surface area contributed by atoms with Gasteiger partial charge in [0.1, 0.15) is 0 Å². The molecule has 3 heterocycles. The molecule has 8 nitrogen and oxygen atoms in total. The van der Waals surface area contributed by atoms with Crippen molar-refractivity contribution in [2.24, 2.45) is 11.3 Å². The number of fused-ring (bicyclic) bond motifs is 1. The van der Waals surface area contributed by atoms with Crippen molar-refractivity contribution >= 4 is 5.97 Å². The van der Waals surface area contributed by atoms with Gasteiger partial charge in [-0.05, 0) is 12.8 Å². The second-order valence-electron chi connectivity index (χ2n) is 8.40. The zero-order valence-electron chi connectivity index (χ0n) is 16.1. The topological polar surface area (TPSA) is 91.9 Å². The molecule has 0 spiro atoms. The van der Waals surface area contributed by atoms with Gasteiger partial charge in [0.2, 0.25) is 5.89 Å². The molecule has 8 heteroatoms. The molecule has 3 fully saturated rings. The summed E-state index contributed by atoms with van der Waals surface area (Å²) in [4.78, 5) is 21.3. The normalized spacial score (nSPS) is 30.0. The first kappa shape index (κ1) is 18.8. The van der Waals surface area contributed by atoms with Crippen molar-refractivity contribution in [1.29, 1.82) is 0 Å². The van der Waals surface area contributed by atoms with Crippen molar-refractivity contribution in [1.82, 2.24) is 19.9 Å². The number of nitrogens with zero attached hydrogens (tertiary/aromatic N) is 4. The number of ether oxygens (including phenoxy) is 1. The van der Waals surface area contributed by atoms with E-state index in [9.17, 15) is 9.90 Å². The standard InChI is InChI=1S/C19H30N4O4/c1-26-8-7-16-20-17(27-21-16)11-22-9-14-10-23(15-5-3-2-4-6-15)13-19(14,12-22)18(24)25/h14-15H,2-13H2,1H3,(H,24,25)/t14-,19-/m0/s1. The smallest absolute Gasteiger partial charge is 0.312 e. The number of carboxylic acid groups (broad SMARTS) is 1. The van der Waals surface area contributed by atoms with Crippen molar-refractivity contribution in [3.8, 4) is 0 Å². The lowest BCUT2D eigenvalue weighted by Crippen LogP contribution is -2.43.